The third-order valence-corrected chi connectivity index (χ3v) is 4.35. The first-order valence-electron chi connectivity index (χ1n) is 5.75. The van der Waals surface area contributed by atoms with Gasteiger partial charge >= 0.3 is 0 Å². The first kappa shape index (κ1) is 14.0. The number of hydrogen-bond donors (Lipinski definition) is 3. The Morgan fingerprint density at radius 1 is 1.40 bits per heavy atom. The van der Waals surface area contributed by atoms with Gasteiger partial charge in [0.1, 0.15) is 0 Å². The number of H-pyrrole nitrogens is 1. The Kier molecular flexibility index (Phi) is 3.70. The number of nitrogens with two attached hydrogens (primary N) is 1. The second-order valence-electron chi connectivity index (χ2n) is 3.90. The largest absolute Gasteiger partial charge is 0.366 e. The fourth-order valence-corrected chi connectivity index (χ4v) is 2.61. The number of carbonyl (C=O) groups is 1. The highest BCUT2D eigenvalue weighted by atomic mass is 32.2. The number of amides is 1. The van der Waals surface area contributed by atoms with Gasteiger partial charge in [0.25, 0.3) is 5.91 Å². The minimum absolute atomic E-state index is 0.0586. The molecule has 106 valence electrons. The highest BCUT2D eigenvalue weighted by Crippen LogP contribution is 2.22. The zero-order valence-corrected chi connectivity index (χ0v) is 11.4. The van der Waals surface area contributed by atoms with E-state index in [9.17, 15) is 13.2 Å². The molecular weight excluding hydrogens is 282 g/mol. The molecule has 0 aliphatic carbocycles. The van der Waals surface area contributed by atoms with Crippen LogP contribution in [0, 0.1) is 0 Å². The molecule has 1 heterocycles. The number of nitrogen functional groups attached to an aromatic ring is 1. The molecule has 1 aromatic heterocycles. The summed E-state index contributed by atoms with van der Waals surface area (Å²) in [6.07, 6.45) is 0. The Labute approximate surface area is 115 Å². The summed E-state index contributed by atoms with van der Waals surface area (Å²) in [4.78, 5) is 15.6. The van der Waals surface area contributed by atoms with Gasteiger partial charge in [-0.15, -0.1) is 5.10 Å². The average Bonchev–Trinajstić information content (AvgIpc) is 2.86. The van der Waals surface area contributed by atoms with Crippen LogP contribution < -0.4 is 11.1 Å². The van der Waals surface area contributed by atoms with Crippen molar-refractivity contribution >= 4 is 27.4 Å². The Morgan fingerprint density at radius 3 is 2.70 bits per heavy atom. The van der Waals surface area contributed by atoms with E-state index in [1.165, 1.54) is 19.1 Å². The number of benzene rings is 1. The van der Waals surface area contributed by atoms with Gasteiger partial charge in [0.2, 0.25) is 11.8 Å². The molecule has 0 aliphatic rings. The van der Waals surface area contributed by atoms with Crippen LogP contribution in [0.2, 0.25) is 0 Å². The number of anilines is 2. The van der Waals surface area contributed by atoms with E-state index in [4.69, 9.17) is 5.73 Å². The number of carbonyl (C=O) groups excluding carboxylic acids is 1. The lowest BCUT2D eigenvalue weighted by atomic mass is 10.3. The molecule has 9 heteroatoms. The van der Waals surface area contributed by atoms with E-state index < -0.39 is 15.7 Å². The summed E-state index contributed by atoms with van der Waals surface area (Å²) in [7, 11) is -3.44. The summed E-state index contributed by atoms with van der Waals surface area (Å²) in [6.45, 7) is 1.53. The maximum absolute atomic E-state index is 11.9. The molecule has 0 spiro atoms. The molecule has 2 rings (SSSR count). The fraction of sp³-hybridized carbons (Fsp3) is 0.182. The molecule has 1 amide bonds. The summed E-state index contributed by atoms with van der Waals surface area (Å²) < 4.78 is 23.9. The number of nitrogens with zero attached hydrogens (tertiary/aromatic N) is 2. The lowest BCUT2D eigenvalue weighted by Crippen LogP contribution is -2.16. The highest BCUT2D eigenvalue weighted by Gasteiger charge is 2.19. The van der Waals surface area contributed by atoms with Crippen molar-refractivity contribution in [3.63, 3.8) is 0 Å². The zero-order chi connectivity index (χ0) is 14.8. The van der Waals surface area contributed by atoms with Crippen molar-refractivity contribution in [1.82, 2.24) is 15.2 Å². The monoisotopic (exact) mass is 295 g/mol. The van der Waals surface area contributed by atoms with Gasteiger partial charge in [0, 0.05) is 0 Å². The minimum Gasteiger partial charge on any atom is -0.366 e. The molecule has 0 fully saturated rings. The van der Waals surface area contributed by atoms with Crippen molar-refractivity contribution in [3.8, 4) is 0 Å². The molecule has 4 N–H and O–H groups in total. The smallest absolute Gasteiger partial charge is 0.293 e. The van der Waals surface area contributed by atoms with Gasteiger partial charge in [-0.25, -0.2) is 8.42 Å². The first-order chi connectivity index (χ1) is 9.44. The van der Waals surface area contributed by atoms with Crippen LogP contribution in [0.4, 0.5) is 11.6 Å². The molecule has 0 saturated carbocycles. The maximum atomic E-state index is 11.9. The van der Waals surface area contributed by atoms with Crippen molar-refractivity contribution in [1.29, 1.82) is 0 Å². The minimum atomic E-state index is -3.44. The number of hydrogen-bond acceptors (Lipinski definition) is 6. The Hall–Kier alpha value is -2.42. The van der Waals surface area contributed by atoms with Crippen LogP contribution in [0.3, 0.4) is 0 Å². The van der Waals surface area contributed by atoms with E-state index in [1.54, 1.807) is 12.1 Å². The van der Waals surface area contributed by atoms with Crippen molar-refractivity contribution in [2.45, 2.75) is 11.8 Å². The Balaban J connectivity index is 2.33. The topological polar surface area (TPSA) is 131 Å². The third-order valence-electron chi connectivity index (χ3n) is 2.57. The molecule has 0 bridgehead atoms. The van der Waals surface area contributed by atoms with E-state index in [0.29, 0.717) is 0 Å². The molecule has 0 unspecified atom stereocenters. The van der Waals surface area contributed by atoms with Crippen LogP contribution in [-0.4, -0.2) is 35.3 Å². The zero-order valence-electron chi connectivity index (χ0n) is 10.6. The molecule has 0 saturated heterocycles. The van der Waals surface area contributed by atoms with Crippen molar-refractivity contribution in [3.05, 3.63) is 30.1 Å². The molecule has 20 heavy (non-hydrogen) atoms. The molecule has 1 aromatic carbocycles. The van der Waals surface area contributed by atoms with Gasteiger partial charge in [-0.2, -0.15) is 4.98 Å². The van der Waals surface area contributed by atoms with Crippen molar-refractivity contribution in [2.75, 3.05) is 16.8 Å². The highest BCUT2D eigenvalue weighted by molar-refractivity contribution is 7.91. The van der Waals surface area contributed by atoms with Crippen LogP contribution >= 0.6 is 0 Å². The average molecular weight is 295 g/mol. The summed E-state index contributed by atoms with van der Waals surface area (Å²) >= 11 is 0. The van der Waals surface area contributed by atoms with E-state index in [0.717, 1.165) is 0 Å². The number of aromatic amines is 1. The predicted molar refractivity (Wildman–Crippen MR) is 72.9 cm³/mol. The number of nitrogens with one attached hydrogen (secondary N) is 2. The van der Waals surface area contributed by atoms with Crippen LogP contribution in [0.25, 0.3) is 0 Å². The van der Waals surface area contributed by atoms with Gasteiger partial charge in [-0.3, -0.25) is 9.89 Å². The van der Waals surface area contributed by atoms with Crippen LogP contribution in [0.5, 0.6) is 0 Å². The van der Waals surface area contributed by atoms with Gasteiger partial charge < -0.3 is 11.1 Å². The second kappa shape index (κ2) is 5.29. The Morgan fingerprint density at radius 2 is 2.10 bits per heavy atom. The van der Waals surface area contributed by atoms with Gasteiger partial charge in [0.05, 0.1) is 16.3 Å². The predicted octanol–water partition coefficient (Wildman–Crippen LogP) is 0.433. The van der Waals surface area contributed by atoms with Crippen LogP contribution in [0.15, 0.2) is 29.2 Å². The second-order valence-corrected chi connectivity index (χ2v) is 6.14. The van der Waals surface area contributed by atoms with E-state index in [-0.39, 0.29) is 28.1 Å². The quantitative estimate of drug-likeness (QED) is 0.749. The maximum Gasteiger partial charge on any atom is 0.293 e. The molecule has 8 nitrogen and oxygen atoms in total. The summed E-state index contributed by atoms with van der Waals surface area (Å²) in [5, 5.41) is 8.35. The number of aromatic nitrogens is 3. The van der Waals surface area contributed by atoms with E-state index in [2.05, 4.69) is 20.5 Å². The lowest BCUT2D eigenvalue weighted by molar-refractivity contribution is 0.101. The van der Waals surface area contributed by atoms with Crippen LogP contribution in [0.1, 0.15) is 17.5 Å². The standard InChI is InChI=1S/C11H13N5O3S/c1-2-20(18,19)8-6-4-3-5-7(8)13-10(17)9-14-11(12)16-15-9/h3-6H,2H2,1H3,(H,13,17)(H3,12,14,15,16). The van der Waals surface area contributed by atoms with Gasteiger partial charge in [0.15, 0.2) is 9.84 Å². The fourth-order valence-electron chi connectivity index (χ4n) is 1.55. The number of sulfone groups is 1. The lowest BCUT2D eigenvalue weighted by Gasteiger charge is -2.09. The molecule has 0 radical (unpaired) electrons. The Bertz CT molecular complexity index is 738. The van der Waals surface area contributed by atoms with E-state index in [1.807, 2.05) is 0 Å². The molecular formula is C11H13N5O3S. The molecule has 2 aromatic rings. The van der Waals surface area contributed by atoms with Gasteiger partial charge in [-0.1, -0.05) is 19.1 Å². The van der Waals surface area contributed by atoms with Crippen LogP contribution in [-0.2, 0) is 9.84 Å². The van der Waals surface area contributed by atoms with Gasteiger partial charge in [-0.05, 0) is 12.1 Å². The van der Waals surface area contributed by atoms with Crippen molar-refractivity contribution < 1.29 is 13.2 Å². The summed E-state index contributed by atoms with van der Waals surface area (Å²) in [5.41, 5.74) is 5.49. The summed E-state index contributed by atoms with van der Waals surface area (Å²) in [6, 6.07) is 6.15. The first-order valence-corrected chi connectivity index (χ1v) is 7.40. The normalized spacial score (nSPS) is 11.2. The summed E-state index contributed by atoms with van der Waals surface area (Å²) in [5.74, 6) is -0.835. The number of rotatable bonds is 4. The molecule has 0 atom stereocenters. The third kappa shape index (κ3) is 2.77. The molecule has 0 aliphatic heterocycles. The van der Waals surface area contributed by atoms with E-state index >= 15 is 0 Å². The van der Waals surface area contributed by atoms with Crippen molar-refractivity contribution in [2.24, 2.45) is 0 Å². The SMILES string of the molecule is CCS(=O)(=O)c1ccccc1NC(=O)c1nc(N)n[nH]1. The number of para-hydroxylation sites is 1.